The van der Waals surface area contributed by atoms with Gasteiger partial charge < -0.3 is 10.1 Å². The normalized spacial score (nSPS) is 20.8. The maximum Gasteiger partial charge on any atom is 0.138 e. The molecule has 1 N–H and O–H groups in total. The highest BCUT2D eigenvalue weighted by molar-refractivity contribution is 9.10. The Bertz CT molecular complexity index is 289. The maximum atomic E-state index is 5.54. The lowest BCUT2D eigenvalue weighted by molar-refractivity contribution is 0.217. The van der Waals surface area contributed by atoms with Gasteiger partial charge in [-0.1, -0.05) is 0 Å². The van der Waals surface area contributed by atoms with Crippen LogP contribution in [0.4, 0.5) is 0 Å². The molecule has 3 nitrogen and oxygen atoms in total. The summed E-state index contributed by atoms with van der Waals surface area (Å²) in [6, 6.07) is 2.45. The first-order chi connectivity index (χ1) is 6.34. The van der Waals surface area contributed by atoms with E-state index < -0.39 is 0 Å². The van der Waals surface area contributed by atoms with Gasteiger partial charge in [-0.25, -0.2) is 0 Å². The van der Waals surface area contributed by atoms with Crippen molar-refractivity contribution >= 4 is 15.9 Å². The maximum absolute atomic E-state index is 5.54. The summed E-state index contributed by atoms with van der Waals surface area (Å²) in [6.45, 7) is 1.85. The number of rotatable bonds is 3. The van der Waals surface area contributed by atoms with Crippen LogP contribution in [-0.4, -0.2) is 24.2 Å². The molecule has 0 aromatic carbocycles. The second kappa shape index (κ2) is 4.07. The fraction of sp³-hybridized carbons (Fsp3) is 0.444. The van der Waals surface area contributed by atoms with Crippen molar-refractivity contribution in [2.24, 2.45) is 0 Å². The molecule has 1 aliphatic rings. The van der Waals surface area contributed by atoms with Crippen molar-refractivity contribution in [1.82, 2.24) is 10.3 Å². The highest BCUT2D eigenvalue weighted by Gasteiger charge is 2.16. The fourth-order valence-electron chi connectivity index (χ4n) is 1.16. The summed E-state index contributed by atoms with van der Waals surface area (Å²) < 4.78 is 6.49. The molecule has 0 saturated carbocycles. The molecular formula is C9H11BrN2O. The summed E-state index contributed by atoms with van der Waals surface area (Å²) in [6.07, 6.45) is 4.68. The van der Waals surface area contributed by atoms with Gasteiger partial charge in [-0.2, -0.15) is 0 Å². The molecule has 70 valence electrons. The molecule has 1 aromatic heterocycles. The zero-order valence-electron chi connectivity index (χ0n) is 7.16. The Hall–Kier alpha value is -0.610. The summed E-state index contributed by atoms with van der Waals surface area (Å²) in [7, 11) is 0. The van der Waals surface area contributed by atoms with Crippen LogP contribution >= 0.6 is 15.9 Å². The minimum absolute atomic E-state index is 0.527. The molecule has 2 heterocycles. The SMILES string of the molecule is Brc1cncc(OC[C@@H]2CCN2)c1. The predicted octanol–water partition coefficient (Wildman–Crippen LogP) is 1.58. The van der Waals surface area contributed by atoms with Crippen molar-refractivity contribution < 1.29 is 4.74 Å². The molecule has 0 amide bonds. The minimum atomic E-state index is 0.527. The van der Waals surface area contributed by atoms with E-state index in [4.69, 9.17) is 4.74 Å². The van der Waals surface area contributed by atoms with Crippen LogP contribution < -0.4 is 10.1 Å². The summed E-state index contributed by atoms with van der Waals surface area (Å²) >= 11 is 3.34. The van der Waals surface area contributed by atoms with Gasteiger partial charge in [0, 0.05) is 16.7 Å². The van der Waals surface area contributed by atoms with Gasteiger partial charge in [-0.15, -0.1) is 0 Å². The lowest BCUT2D eigenvalue weighted by atomic mass is 10.1. The zero-order valence-corrected chi connectivity index (χ0v) is 8.75. The number of hydrogen-bond acceptors (Lipinski definition) is 3. The van der Waals surface area contributed by atoms with Crippen molar-refractivity contribution in [2.45, 2.75) is 12.5 Å². The molecule has 13 heavy (non-hydrogen) atoms. The van der Waals surface area contributed by atoms with Crippen molar-refractivity contribution in [2.75, 3.05) is 13.2 Å². The van der Waals surface area contributed by atoms with E-state index in [0.29, 0.717) is 6.04 Å². The molecular weight excluding hydrogens is 232 g/mol. The standard InChI is InChI=1S/C9H11BrN2O/c10-7-3-9(5-11-4-7)13-6-8-1-2-12-8/h3-5,8,12H,1-2,6H2/t8-/m0/s1. The van der Waals surface area contributed by atoms with E-state index in [9.17, 15) is 0 Å². The van der Waals surface area contributed by atoms with E-state index in [2.05, 4.69) is 26.2 Å². The average molecular weight is 243 g/mol. The monoisotopic (exact) mass is 242 g/mol. The lowest BCUT2D eigenvalue weighted by Crippen LogP contribution is -2.46. The van der Waals surface area contributed by atoms with Crippen LogP contribution in [0.3, 0.4) is 0 Å². The van der Waals surface area contributed by atoms with Crippen LogP contribution in [0.1, 0.15) is 6.42 Å². The van der Waals surface area contributed by atoms with Gasteiger partial charge in [0.2, 0.25) is 0 Å². The third-order valence-electron chi connectivity index (χ3n) is 2.06. The van der Waals surface area contributed by atoms with Gasteiger partial charge in [0.1, 0.15) is 12.4 Å². The second-order valence-corrected chi connectivity index (χ2v) is 4.01. The molecule has 0 unspecified atom stereocenters. The number of pyridine rings is 1. The van der Waals surface area contributed by atoms with Gasteiger partial charge >= 0.3 is 0 Å². The topological polar surface area (TPSA) is 34.1 Å². The van der Waals surface area contributed by atoms with Crippen LogP contribution in [0.25, 0.3) is 0 Å². The Kier molecular flexibility index (Phi) is 2.80. The molecule has 1 fully saturated rings. The average Bonchev–Trinajstić information content (AvgIpc) is 2.01. The number of halogens is 1. The largest absolute Gasteiger partial charge is 0.490 e. The van der Waals surface area contributed by atoms with Crippen molar-refractivity contribution in [1.29, 1.82) is 0 Å². The van der Waals surface area contributed by atoms with Gasteiger partial charge in [0.25, 0.3) is 0 Å². The molecule has 2 rings (SSSR count). The third kappa shape index (κ3) is 2.42. The Balaban J connectivity index is 1.86. The van der Waals surface area contributed by atoms with Crippen LogP contribution in [-0.2, 0) is 0 Å². The number of ether oxygens (including phenoxy) is 1. The van der Waals surface area contributed by atoms with E-state index in [1.165, 1.54) is 6.42 Å². The van der Waals surface area contributed by atoms with Crippen molar-refractivity contribution in [3.05, 3.63) is 22.9 Å². The van der Waals surface area contributed by atoms with Crippen LogP contribution in [0.2, 0.25) is 0 Å². The number of nitrogens with zero attached hydrogens (tertiary/aromatic N) is 1. The molecule has 4 heteroatoms. The van der Waals surface area contributed by atoms with Gasteiger partial charge in [0.05, 0.1) is 6.20 Å². The Morgan fingerprint density at radius 1 is 1.62 bits per heavy atom. The molecule has 0 spiro atoms. The smallest absolute Gasteiger partial charge is 0.138 e. The molecule has 0 bridgehead atoms. The van der Waals surface area contributed by atoms with Crippen LogP contribution in [0.5, 0.6) is 5.75 Å². The van der Waals surface area contributed by atoms with E-state index in [1.807, 2.05) is 6.07 Å². The Labute approximate surface area is 85.6 Å². The minimum Gasteiger partial charge on any atom is -0.490 e. The third-order valence-corrected chi connectivity index (χ3v) is 2.49. The van der Waals surface area contributed by atoms with Crippen molar-refractivity contribution in [3.63, 3.8) is 0 Å². The van der Waals surface area contributed by atoms with E-state index >= 15 is 0 Å². The fourth-order valence-corrected chi connectivity index (χ4v) is 1.50. The van der Waals surface area contributed by atoms with Gasteiger partial charge in [0.15, 0.2) is 0 Å². The van der Waals surface area contributed by atoms with E-state index in [0.717, 1.165) is 23.4 Å². The molecule has 1 aliphatic heterocycles. The first-order valence-electron chi connectivity index (χ1n) is 4.31. The Morgan fingerprint density at radius 2 is 2.46 bits per heavy atom. The predicted molar refractivity (Wildman–Crippen MR) is 53.8 cm³/mol. The van der Waals surface area contributed by atoms with Gasteiger partial charge in [-0.05, 0) is 35.0 Å². The van der Waals surface area contributed by atoms with E-state index in [-0.39, 0.29) is 0 Å². The number of hydrogen-bond donors (Lipinski definition) is 1. The summed E-state index contributed by atoms with van der Waals surface area (Å²) in [5.41, 5.74) is 0. The van der Waals surface area contributed by atoms with Crippen LogP contribution in [0.15, 0.2) is 22.9 Å². The van der Waals surface area contributed by atoms with Crippen LogP contribution in [0, 0.1) is 0 Å². The number of nitrogens with one attached hydrogen (secondary N) is 1. The first kappa shape index (κ1) is 8.97. The molecule has 0 aliphatic carbocycles. The highest BCUT2D eigenvalue weighted by atomic mass is 79.9. The first-order valence-corrected chi connectivity index (χ1v) is 5.10. The zero-order chi connectivity index (χ0) is 9.10. The number of aromatic nitrogens is 1. The molecule has 1 aromatic rings. The second-order valence-electron chi connectivity index (χ2n) is 3.09. The lowest BCUT2D eigenvalue weighted by Gasteiger charge is -2.27. The summed E-state index contributed by atoms with van der Waals surface area (Å²) in [5, 5.41) is 3.27. The van der Waals surface area contributed by atoms with Gasteiger partial charge in [-0.3, -0.25) is 4.98 Å². The summed E-state index contributed by atoms with van der Waals surface area (Å²) in [4.78, 5) is 4.01. The highest BCUT2D eigenvalue weighted by Crippen LogP contribution is 2.16. The quantitative estimate of drug-likeness (QED) is 0.875. The summed E-state index contributed by atoms with van der Waals surface area (Å²) in [5.74, 6) is 0.822. The molecule has 1 saturated heterocycles. The molecule has 0 radical (unpaired) electrons. The Morgan fingerprint density at radius 3 is 3.08 bits per heavy atom. The van der Waals surface area contributed by atoms with Crippen molar-refractivity contribution in [3.8, 4) is 5.75 Å². The molecule has 1 atom stereocenters. The van der Waals surface area contributed by atoms with E-state index in [1.54, 1.807) is 12.4 Å².